The Hall–Kier alpha value is -2.53. The summed E-state index contributed by atoms with van der Waals surface area (Å²) in [4.78, 5) is 58.8. The van der Waals surface area contributed by atoms with E-state index in [4.69, 9.17) is 16.6 Å². The van der Waals surface area contributed by atoms with Gasteiger partial charge in [-0.2, -0.15) is 0 Å². The van der Waals surface area contributed by atoms with Crippen LogP contribution in [0.5, 0.6) is 0 Å². The zero-order chi connectivity index (χ0) is 19.4. The van der Waals surface area contributed by atoms with Crippen molar-refractivity contribution in [1.29, 1.82) is 0 Å². The van der Waals surface area contributed by atoms with Gasteiger partial charge in [-0.3, -0.25) is 19.2 Å². The number of ketones is 1. The second kappa shape index (κ2) is 8.03. The molecule has 0 aromatic carbocycles. The number of hydrogen-bond acceptors (Lipinski definition) is 7. The fraction of sp³-hybridized carbons (Fsp3) is 0.643. The molecule has 1 saturated heterocycles. The van der Waals surface area contributed by atoms with E-state index in [1.807, 2.05) is 5.32 Å². The summed E-state index contributed by atoms with van der Waals surface area (Å²) in [6.07, 6.45) is -1.82. The maximum Gasteiger partial charge on any atom is 0.330 e. The molecule has 8 N–H and O–H groups in total. The van der Waals surface area contributed by atoms with Crippen molar-refractivity contribution in [3.8, 4) is 0 Å². The maximum absolute atomic E-state index is 12.4. The molecule has 2 amide bonds. The minimum Gasteiger partial charge on any atom is -0.481 e. The molecule has 11 heteroatoms. The van der Waals surface area contributed by atoms with Gasteiger partial charge in [0, 0.05) is 19.0 Å². The molecule has 1 fully saturated rings. The SMILES string of the molecule is CC(N)C(=O)NC(CC(=O)O)(CC(=O)C1CC(CN)NC1=O)C(=O)O. The summed E-state index contributed by atoms with van der Waals surface area (Å²) in [5.74, 6) is -6.70. The first-order valence-electron chi connectivity index (χ1n) is 7.58. The number of rotatable bonds is 9. The Morgan fingerprint density at radius 1 is 1.32 bits per heavy atom. The number of carboxylic acid groups (broad SMARTS) is 2. The van der Waals surface area contributed by atoms with Crippen LogP contribution in [-0.2, 0) is 24.0 Å². The smallest absolute Gasteiger partial charge is 0.330 e. The average Bonchev–Trinajstić information content (AvgIpc) is 2.87. The number of carboxylic acids is 2. The van der Waals surface area contributed by atoms with Crippen LogP contribution in [0.3, 0.4) is 0 Å². The van der Waals surface area contributed by atoms with Crippen molar-refractivity contribution in [3.05, 3.63) is 0 Å². The number of aliphatic carboxylic acids is 2. The normalized spacial score (nSPS) is 23.2. The quantitative estimate of drug-likeness (QED) is 0.235. The number of carbonyl (C=O) groups excluding carboxylic acids is 3. The van der Waals surface area contributed by atoms with Gasteiger partial charge >= 0.3 is 11.9 Å². The number of nitrogens with two attached hydrogens (primary N) is 2. The van der Waals surface area contributed by atoms with Crippen molar-refractivity contribution in [3.63, 3.8) is 0 Å². The van der Waals surface area contributed by atoms with Gasteiger partial charge in [0.1, 0.15) is 5.78 Å². The van der Waals surface area contributed by atoms with E-state index in [9.17, 15) is 29.1 Å². The third-order valence-corrected chi connectivity index (χ3v) is 3.97. The van der Waals surface area contributed by atoms with Gasteiger partial charge in [0.25, 0.3) is 0 Å². The molecule has 0 aromatic heterocycles. The first-order valence-corrected chi connectivity index (χ1v) is 7.58. The first-order chi connectivity index (χ1) is 11.5. The van der Waals surface area contributed by atoms with Gasteiger partial charge in [-0.25, -0.2) is 4.79 Å². The molecule has 11 nitrogen and oxygen atoms in total. The van der Waals surface area contributed by atoms with Crippen molar-refractivity contribution in [2.45, 2.75) is 43.8 Å². The summed E-state index contributed by atoms with van der Waals surface area (Å²) in [6.45, 7) is 1.39. The van der Waals surface area contributed by atoms with Crippen molar-refractivity contribution in [2.75, 3.05) is 6.54 Å². The van der Waals surface area contributed by atoms with Gasteiger partial charge in [0.2, 0.25) is 11.8 Å². The van der Waals surface area contributed by atoms with Gasteiger partial charge in [-0.05, 0) is 13.3 Å². The Morgan fingerprint density at radius 2 is 1.92 bits per heavy atom. The first kappa shape index (κ1) is 20.5. The molecule has 25 heavy (non-hydrogen) atoms. The van der Waals surface area contributed by atoms with Crippen LogP contribution in [0.4, 0.5) is 0 Å². The molecule has 140 valence electrons. The molecular weight excluding hydrogens is 336 g/mol. The van der Waals surface area contributed by atoms with E-state index in [0.717, 1.165) is 0 Å². The Morgan fingerprint density at radius 3 is 2.32 bits per heavy atom. The van der Waals surface area contributed by atoms with Gasteiger partial charge in [0.15, 0.2) is 5.54 Å². The van der Waals surface area contributed by atoms with Crippen LogP contribution in [0.2, 0.25) is 0 Å². The van der Waals surface area contributed by atoms with Gasteiger partial charge in [0.05, 0.1) is 18.4 Å². The molecule has 4 unspecified atom stereocenters. The predicted molar refractivity (Wildman–Crippen MR) is 83.1 cm³/mol. The monoisotopic (exact) mass is 358 g/mol. The highest BCUT2D eigenvalue weighted by Gasteiger charge is 2.47. The van der Waals surface area contributed by atoms with Gasteiger partial charge < -0.3 is 32.3 Å². The summed E-state index contributed by atoms with van der Waals surface area (Å²) in [5.41, 5.74) is 8.41. The molecule has 1 aliphatic heterocycles. The third kappa shape index (κ3) is 4.97. The summed E-state index contributed by atoms with van der Waals surface area (Å²) in [5, 5.41) is 23.0. The Bertz CT molecular complexity index is 592. The summed E-state index contributed by atoms with van der Waals surface area (Å²) >= 11 is 0. The van der Waals surface area contributed by atoms with Crippen molar-refractivity contribution in [1.82, 2.24) is 10.6 Å². The Balaban J connectivity index is 3.08. The molecule has 1 rings (SSSR count). The van der Waals surface area contributed by atoms with Crippen LogP contribution in [0, 0.1) is 5.92 Å². The fourth-order valence-electron chi connectivity index (χ4n) is 2.57. The van der Waals surface area contributed by atoms with E-state index in [-0.39, 0.29) is 13.0 Å². The molecule has 0 bridgehead atoms. The van der Waals surface area contributed by atoms with E-state index in [2.05, 4.69) is 5.32 Å². The van der Waals surface area contributed by atoms with Crippen molar-refractivity contribution in [2.24, 2.45) is 17.4 Å². The lowest BCUT2D eigenvalue weighted by Gasteiger charge is -2.30. The fourth-order valence-corrected chi connectivity index (χ4v) is 2.57. The standard InChI is InChI=1S/C14H22N4O7/c1-6(16)11(22)18-14(13(24)25,4-10(20)21)3-9(19)8-2-7(5-15)17-12(8)23/h6-8H,2-5,15-16H2,1H3,(H,17,23)(H,18,22)(H,20,21)(H,24,25). The van der Waals surface area contributed by atoms with Crippen LogP contribution < -0.4 is 22.1 Å². The number of hydrogen-bond donors (Lipinski definition) is 6. The van der Waals surface area contributed by atoms with E-state index >= 15 is 0 Å². The van der Waals surface area contributed by atoms with E-state index in [1.54, 1.807) is 0 Å². The zero-order valence-corrected chi connectivity index (χ0v) is 13.7. The lowest BCUT2D eigenvalue weighted by Crippen LogP contribution is -2.60. The third-order valence-electron chi connectivity index (χ3n) is 3.97. The molecule has 1 heterocycles. The van der Waals surface area contributed by atoms with Crippen LogP contribution in [0.25, 0.3) is 0 Å². The Labute approximate surface area is 143 Å². The average molecular weight is 358 g/mol. The number of amides is 2. The van der Waals surface area contributed by atoms with E-state index in [1.165, 1.54) is 6.92 Å². The minimum atomic E-state index is -2.39. The summed E-state index contributed by atoms with van der Waals surface area (Å²) in [6, 6.07) is -1.53. The minimum absolute atomic E-state index is 0.0815. The van der Waals surface area contributed by atoms with Crippen LogP contribution in [-0.4, -0.2) is 63.9 Å². The molecule has 0 spiro atoms. The highest BCUT2D eigenvalue weighted by Crippen LogP contribution is 2.24. The zero-order valence-electron chi connectivity index (χ0n) is 13.7. The molecule has 0 saturated carbocycles. The molecule has 0 aliphatic carbocycles. The largest absolute Gasteiger partial charge is 0.481 e. The van der Waals surface area contributed by atoms with Crippen molar-refractivity contribution >= 4 is 29.5 Å². The second-order valence-electron chi connectivity index (χ2n) is 6.11. The predicted octanol–water partition coefficient (Wildman–Crippen LogP) is -2.83. The van der Waals surface area contributed by atoms with Crippen molar-refractivity contribution < 1.29 is 34.2 Å². The highest BCUT2D eigenvalue weighted by molar-refractivity contribution is 6.06. The molecule has 1 aliphatic rings. The van der Waals surface area contributed by atoms with E-state index < -0.39 is 65.9 Å². The van der Waals surface area contributed by atoms with Gasteiger partial charge in [-0.1, -0.05) is 0 Å². The number of nitrogens with one attached hydrogen (secondary N) is 2. The molecule has 0 radical (unpaired) electrons. The second-order valence-corrected chi connectivity index (χ2v) is 6.11. The maximum atomic E-state index is 12.4. The van der Waals surface area contributed by atoms with E-state index in [0.29, 0.717) is 0 Å². The van der Waals surface area contributed by atoms with Crippen LogP contribution in [0.15, 0.2) is 0 Å². The number of carbonyl (C=O) groups is 5. The van der Waals surface area contributed by atoms with Crippen LogP contribution in [0.1, 0.15) is 26.2 Å². The molecule has 4 atom stereocenters. The molecular formula is C14H22N4O7. The molecule has 0 aromatic rings. The highest BCUT2D eigenvalue weighted by atomic mass is 16.4. The lowest BCUT2D eigenvalue weighted by molar-refractivity contribution is -0.155. The topological polar surface area (TPSA) is 202 Å². The summed E-state index contributed by atoms with van der Waals surface area (Å²) in [7, 11) is 0. The number of Topliss-reactive ketones (excluding diaryl/α,β-unsaturated/α-hetero) is 1. The Kier molecular flexibility index (Phi) is 6.59. The summed E-state index contributed by atoms with van der Waals surface area (Å²) < 4.78 is 0. The lowest BCUT2D eigenvalue weighted by atomic mass is 9.84. The van der Waals surface area contributed by atoms with Crippen LogP contribution >= 0.6 is 0 Å². The van der Waals surface area contributed by atoms with Gasteiger partial charge in [-0.15, -0.1) is 0 Å².